The molecule has 2 aliphatic heterocycles. The number of fused-ring (bicyclic) bond motifs is 10. The van der Waals surface area contributed by atoms with Crippen LogP contribution in [0.2, 0.25) is 0 Å². The van der Waals surface area contributed by atoms with Gasteiger partial charge >= 0.3 is 0 Å². The molecule has 0 atom stereocenters. The van der Waals surface area contributed by atoms with Gasteiger partial charge in [0.25, 0.3) is 6.71 Å². The van der Waals surface area contributed by atoms with Crippen LogP contribution in [0.4, 0.5) is 51.2 Å². The number of anilines is 9. The molecule has 2 aliphatic rings. The summed E-state index contributed by atoms with van der Waals surface area (Å²) in [6.07, 6.45) is 0. The first kappa shape index (κ1) is 58.4. The molecular weight excluding hydrogens is 1190 g/mol. The fourth-order valence-corrected chi connectivity index (χ4v) is 17.2. The molecule has 0 radical (unpaired) electrons. The van der Waals surface area contributed by atoms with Gasteiger partial charge in [-0.1, -0.05) is 272 Å². The Morgan fingerprint density at radius 3 is 1.13 bits per heavy atom. The number of para-hydroxylation sites is 2. The summed E-state index contributed by atoms with van der Waals surface area (Å²) in [5.41, 5.74) is 24.8. The van der Waals surface area contributed by atoms with Crippen molar-refractivity contribution in [3.63, 3.8) is 0 Å². The molecule has 0 N–H and O–H groups in total. The van der Waals surface area contributed by atoms with E-state index in [0.717, 1.165) is 34.1 Å². The Labute approximate surface area is 572 Å². The van der Waals surface area contributed by atoms with Gasteiger partial charge in [0.1, 0.15) is 0 Å². The number of hydrogen-bond acceptors (Lipinski definition) is 4. The summed E-state index contributed by atoms with van der Waals surface area (Å²) in [5.74, 6) is 0. The number of hydrogen-bond donors (Lipinski definition) is 0. The molecule has 0 amide bonds. The molecule has 0 saturated heterocycles. The largest absolute Gasteiger partial charge is 0.311 e. The summed E-state index contributed by atoms with van der Waals surface area (Å²) in [7, 11) is 0. The summed E-state index contributed by atoms with van der Waals surface area (Å²) in [6, 6.07) is 119. The highest BCUT2D eigenvalue weighted by Gasteiger charge is 2.47. The molecule has 0 spiro atoms. The third kappa shape index (κ3) is 9.54. The van der Waals surface area contributed by atoms with Crippen molar-refractivity contribution in [1.82, 2.24) is 0 Å². The van der Waals surface area contributed by atoms with Crippen molar-refractivity contribution in [2.75, 3.05) is 14.7 Å². The number of nitrogens with zero attached hydrogens (tertiary/aromatic N) is 3. The van der Waals surface area contributed by atoms with Crippen molar-refractivity contribution in [2.24, 2.45) is 0 Å². The van der Waals surface area contributed by atoms with Crippen molar-refractivity contribution in [2.45, 2.75) is 52.4 Å². The number of rotatable bonds is 9. The van der Waals surface area contributed by atoms with Crippen molar-refractivity contribution in [3.05, 3.63) is 327 Å². The number of benzene rings is 15. The summed E-state index contributed by atoms with van der Waals surface area (Å²) in [5, 5.41) is 11.1. The SMILES string of the molecule is CC(C)(C)c1cc2c3c(c1)N(c1ccc4c(-c5ccccc5)c5ccccc5c(-c5ccccc5)c4c1)c1c(sc4ccc(C(C)(C)C)cc14)B3c1ccc(N(c3ccccc3)c3ccccc3)cc1N2c1ccc2c(-c3ccccc3)c3ccccc3c(-c3ccccc3)c2c1. The first-order chi connectivity index (χ1) is 47.4. The van der Waals surface area contributed by atoms with E-state index >= 15 is 0 Å². The molecule has 3 heterocycles. The topological polar surface area (TPSA) is 9.72 Å². The van der Waals surface area contributed by atoms with Gasteiger partial charge in [-0.15, -0.1) is 11.3 Å². The van der Waals surface area contributed by atoms with E-state index in [-0.39, 0.29) is 17.5 Å². The molecule has 16 aromatic rings. The molecule has 0 fully saturated rings. The minimum absolute atomic E-state index is 0.0957. The average Bonchev–Trinajstić information content (AvgIpc) is 1.68. The molecule has 15 aromatic carbocycles. The van der Waals surface area contributed by atoms with Gasteiger partial charge in [-0.2, -0.15) is 0 Å². The molecule has 0 aliphatic carbocycles. The lowest BCUT2D eigenvalue weighted by atomic mass is 9.36. The smallest absolute Gasteiger partial charge is 0.264 e. The van der Waals surface area contributed by atoms with Crippen molar-refractivity contribution in [1.29, 1.82) is 0 Å². The highest BCUT2D eigenvalue weighted by Crippen LogP contribution is 2.54. The molecule has 0 bridgehead atoms. The van der Waals surface area contributed by atoms with Crippen LogP contribution in [0.3, 0.4) is 0 Å². The van der Waals surface area contributed by atoms with Gasteiger partial charge in [0.15, 0.2) is 0 Å². The first-order valence-corrected chi connectivity index (χ1v) is 34.8. The van der Waals surface area contributed by atoms with E-state index in [9.17, 15) is 0 Å². The zero-order valence-electron chi connectivity index (χ0n) is 55.3. The van der Waals surface area contributed by atoms with Crippen molar-refractivity contribution < 1.29 is 0 Å². The van der Waals surface area contributed by atoms with E-state index < -0.39 is 0 Å². The Bertz CT molecular complexity index is 5740. The summed E-state index contributed by atoms with van der Waals surface area (Å²) < 4.78 is 2.62. The predicted octanol–water partition coefficient (Wildman–Crippen LogP) is 24.3. The Hall–Kier alpha value is -11.2. The summed E-state index contributed by atoms with van der Waals surface area (Å²) in [4.78, 5) is 7.78. The van der Waals surface area contributed by atoms with E-state index in [1.54, 1.807) is 0 Å². The van der Waals surface area contributed by atoms with E-state index in [1.807, 2.05) is 11.3 Å². The lowest BCUT2D eigenvalue weighted by Gasteiger charge is -2.44. The maximum atomic E-state index is 2.70. The lowest BCUT2D eigenvalue weighted by molar-refractivity contribution is 0.590. The minimum Gasteiger partial charge on any atom is -0.311 e. The summed E-state index contributed by atoms with van der Waals surface area (Å²) >= 11 is 1.97. The van der Waals surface area contributed by atoms with Crippen LogP contribution < -0.4 is 30.4 Å². The number of thiophene rings is 1. The molecule has 1 aromatic heterocycles. The van der Waals surface area contributed by atoms with Crippen LogP contribution in [0.1, 0.15) is 52.7 Å². The lowest BCUT2D eigenvalue weighted by Crippen LogP contribution is -2.60. The third-order valence-corrected chi connectivity index (χ3v) is 21.7. The van der Waals surface area contributed by atoms with Crippen LogP contribution >= 0.6 is 11.3 Å². The molecule has 5 heteroatoms. The first-order valence-electron chi connectivity index (χ1n) is 34.0. The van der Waals surface area contributed by atoms with Crippen LogP contribution in [-0.4, -0.2) is 6.71 Å². The Morgan fingerprint density at radius 2 is 0.691 bits per heavy atom. The van der Waals surface area contributed by atoms with E-state index in [2.05, 4.69) is 372 Å². The maximum absolute atomic E-state index is 2.70. The fraction of sp³-hybridized carbons (Fsp3) is 0.0870. The zero-order chi connectivity index (χ0) is 65.3. The normalized spacial score (nSPS) is 12.8. The second-order valence-corrected chi connectivity index (χ2v) is 29.4. The highest BCUT2D eigenvalue weighted by molar-refractivity contribution is 7.33. The van der Waals surface area contributed by atoms with Crippen LogP contribution in [0.15, 0.2) is 315 Å². The summed E-state index contributed by atoms with van der Waals surface area (Å²) in [6.45, 7) is 14.1. The highest BCUT2D eigenvalue weighted by atomic mass is 32.1. The molecule has 462 valence electrons. The van der Waals surface area contributed by atoms with E-state index in [1.165, 1.54) is 142 Å². The Balaban J connectivity index is 0.980. The van der Waals surface area contributed by atoms with Gasteiger partial charge in [0.05, 0.1) is 5.69 Å². The molecule has 18 rings (SSSR count). The van der Waals surface area contributed by atoms with E-state index in [4.69, 9.17) is 0 Å². The van der Waals surface area contributed by atoms with Gasteiger partial charge in [-0.05, 0) is 205 Å². The molecule has 3 nitrogen and oxygen atoms in total. The predicted molar refractivity (Wildman–Crippen MR) is 420 cm³/mol. The fourth-order valence-electron chi connectivity index (χ4n) is 15.9. The molecule has 0 saturated carbocycles. The minimum atomic E-state index is -0.269. The molecule has 97 heavy (non-hydrogen) atoms. The second-order valence-electron chi connectivity index (χ2n) is 28.3. The van der Waals surface area contributed by atoms with Crippen LogP contribution in [0.25, 0.3) is 97.7 Å². The monoisotopic (exact) mass is 1260 g/mol. The Morgan fingerprint density at radius 1 is 0.299 bits per heavy atom. The third-order valence-electron chi connectivity index (χ3n) is 20.4. The Kier molecular flexibility index (Phi) is 13.7. The van der Waals surface area contributed by atoms with E-state index in [0.29, 0.717) is 0 Å². The average molecular weight is 1260 g/mol. The molecular formula is C92H70BN3S. The van der Waals surface area contributed by atoms with Crippen molar-refractivity contribution >= 4 is 138 Å². The maximum Gasteiger partial charge on any atom is 0.264 e. The van der Waals surface area contributed by atoms with Crippen LogP contribution in [0.5, 0.6) is 0 Å². The quantitative estimate of drug-likeness (QED) is 0.105. The van der Waals surface area contributed by atoms with Crippen molar-refractivity contribution in [3.8, 4) is 44.5 Å². The molecule has 0 unspecified atom stereocenters. The van der Waals surface area contributed by atoms with Gasteiger partial charge in [0.2, 0.25) is 0 Å². The van der Waals surface area contributed by atoms with Gasteiger partial charge in [-0.3, -0.25) is 0 Å². The van der Waals surface area contributed by atoms with Gasteiger partial charge in [-0.25, -0.2) is 0 Å². The van der Waals surface area contributed by atoms with Gasteiger partial charge in [0, 0.05) is 60.4 Å². The second kappa shape index (κ2) is 22.7. The van der Waals surface area contributed by atoms with Crippen LogP contribution in [-0.2, 0) is 10.8 Å². The zero-order valence-corrected chi connectivity index (χ0v) is 56.2. The standard InChI is InChI=1S/C92H70BN3S/c1-91(2,3)63-45-52-83-78(53-63)89-90(97-83)93-79-51-48-69(94(65-37-21-11-22-38-65)66-39-23-12-24-40-66)58-80(79)95(67-46-49-74-76(56-67)86(61-33-17-9-18-34-61)72-43-27-25-41-70(72)84(74)59-29-13-7-14-30-59)81-54-64(92(4,5)6)55-82(88(81)93)96(89)68-47-50-75-77(57-68)87(62-35-19-10-20-36-62)73-44-28-26-42-71(73)85(75)60-31-15-8-16-32-60/h7-58H,1-6H3. The van der Waals surface area contributed by atoms with Gasteiger partial charge < -0.3 is 14.7 Å². The van der Waals surface area contributed by atoms with Crippen LogP contribution in [0, 0.1) is 0 Å².